The predicted octanol–water partition coefficient (Wildman–Crippen LogP) is 2.13. The molecule has 5 heteroatoms. The maximum atomic E-state index is 13.3. The van der Waals surface area contributed by atoms with Crippen LogP contribution >= 0.6 is 0 Å². The lowest BCUT2D eigenvalue weighted by Gasteiger charge is -2.38. The number of benzene rings is 2. The smallest absolute Gasteiger partial charge is 0.329 e. The fourth-order valence-electron chi connectivity index (χ4n) is 4.43. The minimum Gasteiger partial charge on any atom is -0.467 e. The number of methoxy groups -OCH3 is 1. The first-order valence-corrected chi connectivity index (χ1v) is 9.41. The van der Waals surface area contributed by atoms with Crippen molar-refractivity contribution in [2.24, 2.45) is 0 Å². The van der Waals surface area contributed by atoms with E-state index in [2.05, 4.69) is 5.32 Å². The summed E-state index contributed by atoms with van der Waals surface area (Å²) in [6, 6.07) is 19.1. The average molecular weight is 364 g/mol. The number of carbonyl (C=O) groups is 2. The summed E-state index contributed by atoms with van der Waals surface area (Å²) in [7, 11) is 1.39. The zero-order valence-corrected chi connectivity index (χ0v) is 15.4. The van der Waals surface area contributed by atoms with Crippen LogP contribution in [0.1, 0.15) is 23.5 Å². The van der Waals surface area contributed by atoms with Crippen LogP contribution in [0.4, 0.5) is 0 Å². The molecule has 2 fully saturated rings. The van der Waals surface area contributed by atoms with Crippen LogP contribution in [-0.4, -0.2) is 48.6 Å². The second kappa shape index (κ2) is 7.53. The number of amides is 1. The number of fused-ring (bicyclic) bond motifs is 1. The maximum Gasteiger partial charge on any atom is 0.329 e. The molecular formula is C22H24N2O3. The molecule has 0 saturated carbocycles. The Labute approximate surface area is 159 Å². The van der Waals surface area contributed by atoms with Gasteiger partial charge in [-0.25, -0.2) is 4.79 Å². The number of piperazine rings is 1. The largest absolute Gasteiger partial charge is 0.467 e. The molecule has 0 radical (unpaired) electrons. The van der Waals surface area contributed by atoms with E-state index in [1.54, 1.807) is 4.90 Å². The van der Waals surface area contributed by atoms with Gasteiger partial charge in [0.15, 0.2) is 0 Å². The molecule has 0 aromatic heterocycles. The summed E-state index contributed by atoms with van der Waals surface area (Å²) in [5, 5.41) is 3.39. The van der Waals surface area contributed by atoms with Crippen LogP contribution in [-0.2, 0) is 20.7 Å². The molecule has 4 rings (SSSR count). The number of esters is 1. The van der Waals surface area contributed by atoms with Crippen molar-refractivity contribution in [3.63, 3.8) is 0 Å². The van der Waals surface area contributed by atoms with Crippen molar-refractivity contribution in [2.75, 3.05) is 13.7 Å². The molecule has 2 aromatic rings. The van der Waals surface area contributed by atoms with Gasteiger partial charge < -0.3 is 15.0 Å². The highest BCUT2D eigenvalue weighted by Gasteiger charge is 2.51. The molecule has 2 aromatic carbocycles. The Hall–Kier alpha value is -2.66. The van der Waals surface area contributed by atoms with Gasteiger partial charge in [0.2, 0.25) is 5.91 Å². The van der Waals surface area contributed by atoms with Gasteiger partial charge in [-0.15, -0.1) is 0 Å². The van der Waals surface area contributed by atoms with Gasteiger partial charge in [0.25, 0.3) is 0 Å². The zero-order valence-electron chi connectivity index (χ0n) is 15.4. The third kappa shape index (κ3) is 3.35. The molecule has 2 saturated heterocycles. The van der Waals surface area contributed by atoms with Gasteiger partial charge in [-0.05, 0) is 24.0 Å². The highest BCUT2D eigenvalue weighted by atomic mass is 16.5. The van der Waals surface area contributed by atoms with Gasteiger partial charge in [0, 0.05) is 18.5 Å². The first kappa shape index (κ1) is 17.7. The summed E-state index contributed by atoms with van der Waals surface area (Å²) in [4.78, 5) is 27.7. The molecule has 1 amide bonds. The van der Waals surface area contributed by atoms with Crippen molar-refractivity contribution in [2.45, 2.75) is 36.9 Å². The van der Waals surface area contributed by atoms with Gasteiger partial charge >= 0.3 is 5.97 Å². The first-order chi connectivity index (χ1) is 13.2. The molecule has 0 spiro atoms. The normalized spacial score (nSPS) is 27.3. The Morgan fingerprint density at radius 2 is 1.78 bits per heavy atom. The second-order valence-corrected chi connectivity index (χ2v) is 7.27. The van der Waals surface area contributed by atoms with E-state index in [0.717, 1.165) is 17.5 Å². The van der Waals surface area contributed by atoms with E-state index in [1.165, 1.54) is 7.11 Å². The number of nitrogens with one attached hydrogen (secondary N) is 1. The van der Waals surface area contributed by atoms with Crippen molar-refractivity contribution >= 4 is 11.9 Å². The minimum absolute atomic E-state index is 0.0102. The molecular weight excluding hydrogens is 340 g/mol. The Morgan fingerprint density at radius 1 is 1.11 bits per heavy atom. The molecule has 4 atom stereocenters. The molecule has 1 N–H and O–H groups in total. The predicted molar refractivity (Wildman–Crippen MR) is 102 cm³/mol. The molecule has 140 valence electrons. The lowest BCUT2D eigenvalue weighted by molar-refractivity contribution is -0.154. The first-order valence-electron chi connectivity index (χ1n) is 9.41. The van der Waals surface area contributed by atoms with E-state index in [4.69, 9.17) is 4.74 Å². The van der Waals surface area contributed by atoms with Crippen LogP contribution < -0.4 is 5.32 Å². The summed E-state index contributed by atoms with van der Waals surface area (Å²) in [6.45, 7) is 0.695. The fourth-order valence-corrected chi connectivity index (χ4v) is 4.43. The Morgan fingerprint density at radius 3 is 2.44 bits per heavy atom. The maximum absolute atomic E-state index is 13.3. The molecule has 5 nitrogen and oxygen atoms in total. The van der Waals surface area contributed by atoms with Crippen molar-refractivity contribution < 1.29 is 14.3 Å². The van der Waals surface area contributed by atoms with Crippen molar-refractivity contribution in [1.29, 1.82) is 0 Å². The monoisotopic (exact) mass is 364 g/mol. The summed E-state index contributed by atoms with van der Waals surface area (Å²) in [5.74, 6) is -0.381. The van der Waals surface area contributed by atoms with E-state index in [0.29, 0.717) is 13.0 Å². The van der Waals surface area contributed by atoms with Crippen LogP contribution in [0.2, 0.25) is 0 Å². The van der Waals surface area contributed by atoms with E-state index >= 15 is 0 Å². The van der Waals surface area contributed by atoms with Gasteiger partial charge in [0.1, 0.15) is 6.04 Å². The quantitative estimate of drug-likeness (QED) is 0.845. The highest BCUT2D eigenvalue weighted by Crippen LogP contribution is 2.39. The van der Waals surface area contributed by atoms with Crippen LogP contribution in [0, 0.1) is 0 Å². The number of rotatable bonds is 4. The van der Waals surface area contributed by atoms with Gasteiger partial charge in [-0.1, -0.05) is 60.7 Å². The number of hydrogen-bond acceptors (Lipinski definition) is 4. The molecule has 0 unspecified atom stereocenters. The fraction of sp³-hybridized carbons (Fsp3) is 0.364. The Balaban J connectivity index is 1.61. The Bertz CT molecular complexity index is 809. The van der Waals surface area contributed by atoms with E-state index in [-0.39, 0.29) is 29.9 Å². The van der Waals surface area contributed by atoms with Crippen LogP contribution in [0.5, 0.6) is 0 Å². The van der Waals surface area contributed by atoms with Crippen molar-refractivity contribution in [3.8, 4) is 0 Å². The standard InChI is InChI=1S/C22H24N2O3/c1-27-22(26)20-18(16-10-6-3-7-11-16)13-17-14-23-19(21(25)24(17)20)12-15-8-4-2-5-9-15/h2-11,17-20,23H,12-14H2,1H3/t17-,18-,19-,20-/m0/s1. The molecule has 0 aliphatic carbocycles. The highest BCUT2D eigenvalue weighted by molar-refractivity contribution is 5.90. The number of carbonyl (C=O) groups excluding carboxylic acids is 2. The number of ether oxygens (including phenoxy) is 1. The Kier molecular flexibility index (Phi) is 4.94. The summed E-state index contributed by atoms with van der Waals surface area (Å²) >= 11 is 0. The molecule has 27 heavy (non-hydrogen) atoms. The third-order valence-corrected chi connectivity index (χ3v) is 5.71. The zero-order chi connectivity index (χ0) is 18.8. The molecule has 2 heterocycles. The lowest BCUT2D eigenvalue weighted by Crippen LogP contribution is -2.61. The summed E-state index contributed by atoms with van der Waals surface area (Å²) in [5.41, 5.74) is 2.19. The molecule has 0 bridgehead atoms. The minimum atomic E-state index is -0.560. The molecule has 2 aliphatic heterocycles. The third-order valence-electron chi connectivity index (χ3n) is 5.71. The molecule has 2 aliphatic rings. The van der Waals surface area contributed by atoms with Crippen LogP contribution in [0.15, 0.2) is 60.7 Å². The van der Waals surface area contributed by atoms with E-state index in [1.807, 2.05) is 60.7 Å². The SMILES string of the molecule is COC(=O)[C@@H]1[C@H](c2ccccc2)C[C@H]2CN[C@@H](Cc3ccccc3)C(=O)N21. The number of nitrogens with zero attached hydrogens (tertiary/aromatic N) is 1. The second-order valence-electron chi connectivity index (χ2n) is 7.27. The van der Waals surface area contributed by atoms with Crippen molar-refractivity contribution in [3.05, 3.63) is 71.8 Å². The van der Waals surface area contributed by atoms with E-state index < -0.39 is 6.04 Å². The lowest BCUT2D eigenvalue weighted by atomic mass is 9.90. The van der Waals surface area contributed by atoms with E-state index in [9.17, 15) is 9.59 Å². The average Bonchev–Trinajstić information content (AvgIpc) is 3.11. The van der Waals surface area contributed by atoms with Gasteiger partial charge in [0.05, 0.1) is 13.2 Å². The van der Waals surface area contributed by atoms with Crippen LogP contribution in [0.3, 0.4) is 0 Å². The summed E-state index contributed by atoms with van der Waals surface area (Å²) < 4.78 is 5.08. The number of hydrogen-bond donors (Lipinski definition) is 1. The van der Waals surface area contributed by atoms with Gasteiger partial charge in [-0.2, -0.15) is 0 Å². The van der Waals surface area contributed by atoms with Gasteiger partial charge in [-0.3, -0.25) is 4.79 Å². The summed E-state index contributed by atoms with van der Waals surface area (Å²) in [6.07, 6.45) is 1.38. The van der Waals surface area contributed by atoms with Crippen LogP contribution in [0.25, 0.3) is 0 Å². The topological polar surface area (TPSA) is 58.6 Å². The van der Waals surface area contributed by atoms with Crippen molar-refractivity contribution in [1.82, 2.24) is 10.2 Å².